The minimum atomic E-state index is -0.0917. The van der Waals surface area contributed by atoms with Crippen molar-refractivity contribution in [2.45, 2.75) is 25.3 Å². The lowest BCUT2D eigenvalue weighted by atomic mass is 10.2. The SMILES string of the molecule is Cc1cccc(Cl)c1OCC1(N)CC1.Cl. The molecule has 0 amide bonds. The number of aryl methyl sites for hydroxylation is 1. The average molecular weight is 248 g/mol. The summed E-state index contributed by atoms with van der Waals surface area (Å²) in [5.74, 6) is 0.769. The van der Waals surface area contributed by atoms with E-state index in [9.17, 15) is 0 Å². The minimum Gasteiger partial charge on any atom is -0.490 e. The summed E-state index contributed by atoms with van der Waals surface area (Å²) in [6.07, 6.45) is 2.10. The number of ether oxygens (including phenoxy) is 1. The third-order valence-corrected chi connectivity index (χ3v) is 2.86. The van der Waals surface area contributed by atoms with Crippen LogP contribution >= 0.6 is 24.0 Å². The van der Waals surface area contributed by atoms with Gasteiger partial charge in [0.2, 0.25) is 0 Å². The Kier molecular flexibility index (Phi) is 3.87. The van der Waals surface area contributed by atoms with Crippen molar-refractivity contribution in [3.8, 4) is 5.75 Å². The second kappa shape index (κ2) is 4.60. The number of rotatable bonds is 3. The molecule has 0 heterocycles. The Labute approximate surface area is 101 Å². The zero-order valence-corrected chi connectivity index (χ0v) is 10.2. The first-order chi connectivity index (χ1) is 6.61. The first-order valence-electron chi connectivity index (χ1n) is 4.78. The van der Waals surface area contributed by atoms with Crippen LogP contribution in [0.2, 0.25) is 5.02 Å². The molecular formula is C11H15Cl2NO. The Bertz CT molecular complexity index is 330. The van der Waals surface area contributed by atoms with Gasteiger partial charge in [-0.1, -0.05) is 23.7 Å². The topological polar surface area (TPSA) is 35.2 Å². The van der Waals surface area contributed by atoms with E-state index in [1.165, 1.54) is 0 Å². The van der Waals surface area contributed by atoms with Crippen LogP contribution in [0.1, 0.15) is 18.4 Å². The molecule has 0 saturated heterocycles. The third-order valence-electron chi connectivity index (χ3n) is 2.56. The smallest absolute Gasteiger partial charge is 0.140 e. The lowest BCUT2D eigenvalue weighted by Crippen LogP contribution is -2.29. The first-order valence-corrected chi connectivity index (χ1v) is 5.15. The van der Waals surface area contributed by atoms with Crippen LogP contribution in [0.3, 0.4) is 0 Å². The van der Waals surface area contributed by atoms with Crippen LogP contribution in [0.15, 0.2) is 18.2 Å². The molecule has 2 nitrogen and oxygen atoms in total. The van der Waals surface area contributed by atoms with E-state index in [1.807, 2.05) is 25.1 Å². The molecule has 84 valence electrons. The van der Waals surface area contributed by atoms with Gasteiger partial charge in [-0.25, -0.2) is 0 Å². The first kappa shape index (κ1) is 12.6. The van der Waals surface area contributed by atoms with Gasteiger partial charge in [-0.15, -0.1) is 12.4 Å². The van der Waals surface area contributed by atoms with E-state index in [4.69, 9.17) is 22.1 Å². The second-order valence-corrected chi connectivity index (χ2v) is 4.44. The highest BCUT2D eigenvalue weighted by atomic mass is 35.5. The van der Waals surface area contributed by atoms with Crippen molar-refractivity contribution in [2.75, 3.05) is 6.61 Å². The predicted octanol–water partition coefficient (Wildman–Crippen LogP) is 2.94. The van der Waals surface area contributed by atoms with E-state index in [0.717, 1.165) is 24.2 Å². The Hall–Kier alpha value is -0.440. The molecule has 0 aliphatic heterocycles. The molecule has 0 spiro atoms. The quantitative estimate of drug-likeness (QED) is 0.892. The summed E-state index contributed by atoms with van der Waals surface area (Å²) in [6.45, 7) is 2.55. The number of hydrogen-bond donors (Lipinski definition) is 1. The van der Waals surface area contributed by atoms with Gasteiger partial charge in [0.05, 0.1) is 10.6 Å². The van der Waals surface area contributed by atoms with Gasteiger partial charge in [0.15, 0.2) is 0 Å². The van der Waals surface area contributed by atoms with E-state index in [1.54, 1.807) is 0 Å². The molecular weight excluding hydrogens is 233 g/mol. The summed E-state index contributed by atoms with van der Waals surface area (Å²) in [5.41, 5.74) is 6.89. The van der Waals surface area contributed by atoms with Gasteiger partial charge in [-0.3, -0.25) is 0 Å². The maximum atomic E-state index is 6.01. The largest absolute Gasteiger partial charge is 0.490 e. The molecule has 4 heteroatoms. The van der Waals surface area contributed by atoms with Crippen LogP contribution in [0.5, 0.6) is 5.75 Å². The zero-order chi connectivity index (χ0) is 10.2. The molecule has 1 aliphatic rings. The van der Waals surface area contributed by atoms with Gasteiger partial charge in [0.1, 0.15) is 12.4 Å². The molecule has 1 aromatic carbocycles. The lowest BCUT2D eigenvalue weighted by molar-refractivity contribution is 0.278. The summed E-state index contributed by atoms with van der Waals surface area (Å²) < 4.78 is 5.64. The Morgan fingerprint density at radius 1 is 1.47 bits per heavy atom. The van der Waals surface area contributed by atoms with E-state index < -0.39 is 0 Å². The Morgan fingerprint density at radius 2 is 2.13 bits per heavy atom. The molecule has 0 radical (unpaired) electrons. The standard InChI is InChI=1S/C11H14ClNO.ClH/c1-8-3-2-4-9(12)10(8)14-7-11(13)5-6-11;/h2-4H,5-7,13H2,1H3;1H. The molecule has 1 aromatic rings. The van der Waals surface area contributed by atoms with Crippen LogP contribution < -0.4 is 10.5 Å². The molecule has 0 bridgehead atoms. The highest BCUT2D eigenvalue weighted by Gasteiger charge is 2.39. The van der Waals surface area contributed by atoms with Crippen LogP contribution in [-0.2, 0) is 0 Å². The molecule has 1 aliphatic carbocycles. The van der Waals surface area contributed by atoms with Crippen molar-refractivity contribution in [3.63, 3.8) is 0 Å². The fourth-order valence-corrected chi connectivity index (χ4v) is 1.60. The van der Waals surface area contributed by atoms with E-state index in [2.05, 4.69) is 0 Å². The predicted molar refractivity (Wildman–Crippen MR) is 65.1 cm³/mol. The van der Waals surface area contributed by atoms with E-state index >= 15 is 0 Å². The zero-order valence-electron chi connectivity index (χ0n) is 8.63. The molecule has 0 unspecified atom stereocenters. The van der Waals surface area contributed by atoms with Gasteiger partial charge < -0.3 is 10.5 Å². The molecule has 2 rings (SSSR count). The van der Waals surface area contributed by atoms with Gasteiger partial charge in [0, 0.05) is 0 Å². The Morgan fingerprint density at radius 3 is 2.67 bits per heavy atom. The van der Waals surface area contributed by atoms with Crippen LogP contribution in [-0.4, -0.2) is 12.1 Å². The van der Waals surface area contributed by atoms with Gasteiger partial charge >= 0.3 is 0 Å². The van der Waals surface area contributed by atoms with E-state index in [0.29, 0.717) is 11.6 Å². The summed E-state index contributed by atoms with van der Waals surface area (Å²) in [5, 5.41) is 0.661. The number of hydrogen-bond acceptors (Lipinski definition) is 2. The molecule has 0 aromatic heterocycles. The van der Waals surface area contributed by atoms with Crippen LogP contribution in [0.4, 0.5) is 0 Å². The number of halogens is 2. The van der Waals surface area contributed by atoms with Crippen molar-refractivity contribution in [3.05, 3.63) is 28.8 Å². The van der Waals surface area contributed by atoms with Gasteiger partial charge in [0.25, 0.3) is 0 Å². The summed E-state index contributed by atoms with van der Waals surface area (Å²) in [7, 11) is 0. The van der Waals surface area contributed by atoms with Crippen molar-refractivity contribution < 1.29 is 4.74 Å². The average Bonchev–Trinajstić information content (AvgIpc) is 2.83. The maximum absolute atomic E-state index is 6.01. The normalized spacial score (nSPS) is 16.7. The van der Waals surface area contributed by atoms with Crippen LogP contribution in [0.25, 0.3) is 0 Å². The maximum Gasteiger partial charge on any atom is 0.140 e. The summed E-state index contributed by atoms with van der Waals surface area (Å²) in [4.78, 5) is 0. The number of para-hydroxylation sites is 1. The van der Waals surface area contributed by atoms with Crippen LogP contribution in [0, 0.1) is 6.92 Å². The van der Waals surface area contributed by atoms with Crippen molar-refractivity contribution in [1.82, 2.24) is 0 Å². The number of benzene rings is 1. The fraction of sp³-hybridized carbons (Fsp3) is 0.455. The summed E-state index contributed by atoms with van der Waals surface area (Å²) in [6, 6.07) is 5.73. The number of nitrogens with two attached hydrogens (primary N) is 1. The van der Waals surface area contributed by atoms with Crippen molar-refractivity contribution >= 4 is 24.0 Å². The fourth-order valence-electron chi connectivity index (χ4n) is 1.32. The highest BCUT2D eigenvalue weighted by molar-refractivity contribution is 6.32. The Balaban J connectivity index is 0.00000112. The lowest BCUT2D eigenvalue weighted by Gasteiger charge is -2.14. The third kappa shape index (κ3) is 3.00. The summed E-state index contributed by atoms with van der Waals surface area (Å²) >= 11 is 6.01. The monoisotopic (exact) mass is 247 g/mol. The molecule has 15 heavy (non-hydrogen) atoms. The molecule has 0 atom stereocenters. The van der Waals surface area contributed by atoms with Gasteiger partial charge in [-0.2, -0.15) is 0 Å². The second-order valence-electron chi connectivity index (χ2n) is 4.04. The van der Waals surface area contributed by atoms with Crippen molar-refractivity contribution in [2.24, 2.45) is 5.73 Å². The molecule has 1 fully saturated rings. The van der Waals surface area contributed by atoms with Gasteiger partial charge in [-0.05, 0) is 31.4 Å². The van der Waals surface area contributed by atoms with E-state index in [-0.39, 0.29) is 17.9 Å². The van der Waals surface area contributed by atoms with Crippen molar-refractivity contribution in [1.29, 1.82) is 0 Å². The molecule has 1 saturated carbocycles. The molecule has 2 N–H and O–H groups in total. The minimum absolute atomic E-state index is 0. The highest BCUT2D eigenvalue weighted by Crippen LogP contribution is 2.35.